The van der Waals surface area contributed by atoms with E-state index >= 15 is 0 Å². The summed E-state index contributed by atoms with van der Waals surface area (Å²) in [6.07, 6.45) is 1.75. The summed E-state index contributed by atoms with van der Waals surface area (Å²) in [5, 5.41) is 0. The highest BCUT2D eigenvalue weighted by Crippen LogP contribution is 2.42. The zero-order valence-electron chi connectivity index (χ0n) is 8.72. The van der Waals surface area contributed by atoms with Crippen molar-refractivity contribution in [3.63, 3.8) is 0 Å². The predicted molar refractivity (Wildman–Crippen MR) is 52.6 cm³/mol. The lowest BCUT2D eigenvalue weighted by atomic mass is 9.80. The Morgan fingerprint density at radius 1 is 1.46 bits per heavy atom. The number of hydrogen-bond acceptors (Lipinski definition) is 1. The van der Waals surface area contributed by atoms with Gasteiger partial charge in [0.05, 0.1) is 5.60 Å². The third-order valence-corrected chi connectivity index (χ3v) is 3.26. The van der Waals surface area contributed by atoms with Crippen molar-refractivity contribution in [1.82, 2.24) is 0 Å². The summed E-state index contributed by atoms with van der Waals surface area (Å²) < 4.78 is 19.0. The highest BCUT2D eigenvalue weighted by molar-refractivity contribution is 6.11. The minimum absolute atomic E-state index is 0.0764. The standard InChI is InChI=1S/C10H18BFO/c1-4-6-10(5-2)7(3)8(12)9(11)13-10/h7-9H,4-6H2,1-3H3/t7?,8-,9+,10-/m0/s1. The van der Waals surface area contributed by atoms with E-state index in [1.807, 2.05) is 13.8 Å². The van der Waals surface area contributed by atoms with Crippen LogP contribution in [0.25, 0.3) is 0 Å². The van der Waals surface area contributed by atoms with Gasteiger partial charge >= 0.3 is 0 Å². The van der Waals surface area contributed by atoms with Crippen LogP contribution in [0.4, 0.5) is 4.39 Å². The van der Waals surface area contributed by atoms with Gasteiger partial charge in [-0.1, -0.05) is 27.2 Å². The molecule has 1 unspecified atom stereocenters. The number of alkyl halides is 1. The van der Waals surface area contributed by atoms with E-state index in [1.165, 1.54) is 0 Å². The summed E-state index contributed by atoms with van der Waals surface area (Å²) >= 11 is 0. The van der Waals surface area contributed by atoms with Crippen LogP contribution in [0.5, 0.6) is 0 Å². The van der Waals surface area contributed by atoms with E-state index in [9.17, 15) is 4.39 Å². The molecule has 0 aromatic rings. The molecule has 13 heavy (non-hydrogen) atoms. The Bertz CT molecular complexity index is 176. The van der Waals surface area contributed by atoms with Crippen molar-refractivity contribution >= 4 is 7.85 Å². The molecule has 3 heteroatoms. The van der Waals surface area contributed by atoms with Crippen molar-refractivity contribution in [2.24, 2.45) is 5.92 Å². The molecule has 4 atom stereocenters. The second-order valence-corrected chi connectivity index (χ2v) is 3.98. The first-order chi connectivity index (χ1) is 6.07. The van der Waals surface area contributed by atoms with Gasteiger partial charge in [-0.05, 0) is 12.8 Å². The average Bonchev–Trinajstić information content (AvgIpc) is 2.32. The summed E-state index contributed by atoms with van der Waals surface area (Å²) in [4.78, 5) is 0. The molecule has 0 aromatic carbocycles. The van der Waals surface area contributed by atoms with Gasteiger partial charge in [0.15, 0.2) is 0 Å². The summed E-state index contributed by atoms with van der Waals surface area (Å²) in [6.45, 7) is 6.03. The van der Waals surface area contributed by atoms with Gasteiger partial charge in [-0.15, -0.1) is 0 Å². The quantitative estimate of drug-likeness (QED) is 0.612. The smallest absolute Gasteiger partial charge is 0.123 e. The number of rotatable bonds is 3. The lowest BCUT2D eigenvalue weighted by Gasteiger charge is -2.31. The maximum atomic E-state index is 13.5. The Morgan fingerprint density at radius 3 is 2.38 bits per heavy atom. The van der Waals surface area contributed by atoms with Crippen LogP contribution in [-0.2, 0) is 4.74 Å². The monoisotopic (exact) mass is 184 g/mol. The van der Waals surface area contributed by atoms with Crippen molar-refractivity contribution in [3.05, 3.63) is 0 Å². The molecule has 0 N–H and O–H groups in total. The second-order valence-electron chi connectivity index (χ2n) is 3.98. The first-order valence-electron chi connectivity index (χ1n) is 5.15. The van der Waals surface area contributed by atoms with Crippen LogP contribution in [0.2, 0.25) is 0 Å². The first kappa shape index (κ1) is 11.0. The van der Waals surface area contributed by atoms with Crippen molar-refractivity contribution < 1.29 is 9.13 Å². The summed E-state index contributed by atoms with van der Waals surface area (Å²) in [5.41, 5.74) is -0.312. The zero-order chi connectivity index (χ0) is 10.1. The minimum atomic E-state index is -1.01. The topological polar surface area (TPSA) is 9.23 Å². The Morgan fingerprint density at radius 2 is 2.08 bits per heavy atom. The van der Waals surface area contributed by atoms with Gasteiger partial charge in [-0.25, -0.2) is 4.39 Å². The van der Waals surface area contributed by atoms with Gasteiger partial charge < -0.3 is 4.74 Å². The highest BCUT2D eigenvalue weighted by atomic mass is 19.1. The molecule has 0 aromatic heterocycles. The van der Waals surface area contributed by atoms with E-state index in [4.69, 9.17) is 12.6 Å². The summed E-state index contributed by atoms with van der Waals surface area (Å²) in [6, 6.07) is -0.721. The molecule has 0 amide bonds. The van der Waals surface area contributed by atoms with Gasteiger partial charge in [0.2, 0.25) is 0 Å². The lowest BCUT2D eigenvalue weighted by Crippen LogP contribution is -2.34. The average molecular weight is 184 g/mol. The van der Waals surface area contributed by atoms with Crippen LogP contribution >= 0.6 is 0 Å². The molecule has 1 nitrogen and oxygen atoms in total. The summed E-state index contributed by atoms with van der Waals surface area (Å²) in [7, 11) is 5.55. The van der Waals surface area contributed by atoms with Crippen molar-refractivity contribution in [2.45, 2.75) is 57.8 Å². The van der Waals surface area contributed by atoms with Crippen LogP contribution in [-0.4, -0.2) is 25.6 Å². The molecule has 1 aliphatic heterocycles. The largest absolute Gasteiger partial charge is 0.378 e. The summed E-state index contributed by atoms with van der Waals surface area (Å²) in [5.74, 6) is -0.0764. The molecule has 74 valence electrons. The van der Waals surface area contributed by atoms with E-state index in [2.05, 4.69) is 6.92 Å². The minimum Gasteiger partial charge on any atom is -0.378 e. The van der Waals surface area contributed by atoms with Gasteiger partial charge in [-0.3, -0.25) is 0 Å². The molecule has 1 heterocycles. The van der Waals surface area contributed by atoms with E-state index in [1.54, 1.807) is 0 Å². The fourth-order valence-electron chi connectivity index (χ4n) is 2.31. The third-order valence-electron chi connectivity index (χ3n) is 3.26. The van der Waals surface area contributed by atoms with Crippen LogP contribution in [0.1, 0.15) is 40.0 Å². The SMILES string of the molecule is [B][C@@H]1O[C@@](CC)(CCC)C(C)[C@@H]1F. The number of ether oxygens (including phenoxy) is 1. The fraction of sp³-hybridized carbons (Fsp3) is 1.00. The molecule has 0 saturated carbocycles. The van der Waals surface area contributed by atoms with Gasteiger partial charge in [0, 0.05) is 11.9 Å². The second kappa shape index (κ2) is 3.99. The third kappa shape index (κ3) is 1.76. The van der Waals surface area contributed by atoms with Gasteiger partial charge in [0.1, 0.15) is 14.0 Å². The number of hydrogen-bond donors (Lipinski definition) is 0. The molecular formula is C10H18BFO. The molecule has 1 saturated heterocycles. The van der Waals surface area contributed by atoms with E-state index in [0.29, 0.717) is 0 Å². The normalized spacial score (nSPS) is 45.4. The predicted octanol–water partition coefficient (Wildman–Crippen LogP) is 2.43. The first-order valence-corrected chi connectivity index (χ1v) is 5.15. The van der Waals surface area contributed by atoms with Crippen molar-refractivity contribution in [2.75, 3.05) is 0 Å². The molecule has 0 bridgehead atoms. The molecular weight excluding hydrogens is 166 g/mol. The molecule has 0 spiro atoms. The Labute approximate surface area is 81.4 Å². The van der Waals surface area contributed by atoms with E-state index in [-0.39, 0.29) is 11.5 Å². The Kier molecular flexibility index (Phi) is 3.39. The molecule has 1 aliphatic rings. The highest BCUT2D eigenvalue weighted by Gasteiger charge is 2.49. The molecule has 0 aliphatic carbocycles. The molecule has 2 radical (unpaired) electrons. The van der Waals surface area contributed by atoms with Crippen LogP contribution < -0.4 is 0 Å². The van der Waals surface area contributed by atoms with Crippen molar-refractivity contribution in [1.29, 1.82) is 0 Å². The van der Waals surface area contributed by atoms with E-state index in [0.717, 1.165) is 19.3 Å². The van der Waals surface area contributed by atoms with Crippen molar-refractivity contribution in [3.8, 4) is 0 Å². The molecule has 1 fully saturated rings. The maximum Gasteiger partial charge on any atom is 0.123 e. The zero-order valence-corrected chi connectivity index (χ0v) is 8.72. The lowest BCUT2D eigenvalue weighted by molar-refractivity contribution is -0.0412. The maximum absolute atomic E-state index is 13.5. The van der Waals surface area contributed by atoms with Gasteiger partial charge in [-0.2, -0.15) is 0 Å². The van der Waals surface area contributed by atoms with Crippen LogP contribution in [0.15, 0.2) is 0 Å². The van der Waals surface area contributed by atoms with E-state index < -0.39 is 12.2 Å². The van der Waals surface area contributed by atoms with Crippen LogP contribution in [0, 0.1) is 5.92 Å². The molecule has 1 rings (SSSR count). The van der Waals surface area contributed by atoms with Gasteiger partial charge in [0.25, 0.3) is 0 Å². The Balaban J connectivity index is 2.76. The Hall–Kier alpha value is -0.0451. The van der Waals surface area contributed by atoms with Crippen LogP contribution in [0.3, 0.4) is 0 Å². The fourth-order valence-corrected chi connectivity index (χ4v) is 2.31. The number of halogens is 1.